The number of hydrogen-bond acceptors (Lipinski definition) is 2. The van der Waals surface area contributed by atoms with Crippen LogP contribution in [0.4, 0.5) is 4.39 Å². The van der Waals surface area contributed by atoms with Crippen LogP contribution in [0.1, 0.15) is 15.9 Å². The fourth-order valence-corrected chi connectivity index (χ4v) is 1.88. The molecule has 0 aromatic heterocycles. The fourth-order valence-electron chi connectivity index (χ4n) is 1.57. The van der Waals surface area contributed by atoms with E-state index in [1.807, 2.05) is 30.3 Å². The number of ether oxygens (including phenoxy) is 1. The average molecular weight is 325 g/mol. The van der Waals surface area contributed by atoms with Gasteiger partial charge >= 0.3 is 5.97 Å². The standard InChI is InChI=1S/C14H10BrFO3/c15-11-7-6-10(14(17)18)13(12(11)16)19-8-9-4-2-1-3-5-9/h1-7H,8H2,(H,17,18). The van der Waals surface area contributed by atoms with Crippen molar-refractivity contribution in [2.24, 2.45) is 0 Å². The van der Waals surface area contributed by atoms with Crippen LogP contribution in [0.3, 0.4) is 0 Å². The van der Waals surface area contributed by atoms with Crippen molar-refractivity contribution in [2.75, 3.05) is 0 Å². The molecular formula is C14H10BrFO3. The van der Waals surface area contributed by atoms with Crippen molar-refractivity contribution < 1.29 is 19.0 Å². The summed E-state index contributed by atoms with van der Waals surface area (Å²) in [6, 6.07) is 11.8. The largest absolute Gasteiger partial charge is 0.485 e. The second kappa shape index (κ2) is 5.84. The van der Waals surface area contributed by atoms with Gasteiger partial charge in [-0.05, 0) is 33.6 Å². The van der Waals surface area contributed by atoms with Gasteiger partial charge in [-0.25, -0.2) is 9.18 Å². The van der Waals surface area contributed by atoms with Gasteiger partial charge in [-0.2, -0.15) is 0 Å². The van der Waals surface area contributed by atoms with E-state index >= 15 is 0 Å². The van der Waals surface area contributed by atoms with Crippen molar-refractivity contribution in [1.82, 2.24) is 0 Å². The molecule has 0 saturated heterocycles. The van der Waals surface area contributed by atoms with Gasteiger partial charge in [-0.15, -0.1) is 0 Å². The third-order valence-corrected chi connectivity index (χ3v) is 3.12. The summed E-state index contributed by atoms with van der Waals surface area (Å²) in [6.45, 7) is 0.106. The van der Waals surface area contributed by atoms with Crippen molar-refractivity contribution in [3.05, 3.63) is 63.9 Å². The highest BCUT2D eigenvalue weighted by atomic mass is 79.9. The summed E-state index contributed by atoms with van der Waals surface area (Å²) in [6.07, 6.45) is 0. The van der Waals surface area contributed by atoms with Crippen LogP contribution in [-0.2, 0) is 6.61 Å². The molecule has 0 unspecified atom stereocenters. The van der Waals surface area contributed by atoms with Crippen LogP contribution in [0, 0.1) is 5.82 Å². The van der Waals surface area contributed by atoms with Gasteiger partial charge in [-0.1, -0.05) is 30.3 Å². The Kier molecular flexibility index (Phi) is 4.16. The fraction of sp³-hybridized carbons (Fsp3) is 0.0714. The topological polar surface area (TPSA) is 46.5 Å². The minimum Gasteiger partial charge on any atom is -0.485 e. The number of hydrogen-bond donors (Lipinski definition) is 1. The van der Waals surface area contributed by atoms with Gasteiger partial charge in [0.05, 0.1) is 4.47 Å². The number of rotatable bonds is 4. The monoisotopic (exact) mass is 324 g/mol. The maximum atomic E-state index is 13.9. The molecule has 19 heavy (non-hydrogen) atoms. The van der Waals surface area contributed by atoms with Gasteiger partial charge < -0.3 is 9.84 Å². The minimum absolute atomic E-state index is 0.106. The van der Waals surface area contributed by atoms with Gasteiger partial charge in [0.25, 0.3) is 0 Å². The summed E-state index contributed by atoms with van der Waals surface area (Å²) in [5.41, 5.74) is 0.634. The van der Waals surface area contributed by atoms with Gasteiger partial charge in [0.2, 0.25) is 0 Å². The Labute approximate surface area is 117 Å². The predicted molar refractivity (Wildman–Crippen MR) is 71.8 cm³/mol. The predicted octanol–water partition coefficient (Wildman–Crippen LogP) is 3.87. The molecule has 0 saturated carbocycles. The highest BCUT2D eigenvalue weighted by Gasteiger charge is 2.18. The molecule has 1 N–H and O–H groups in total. The molecule has 0 spiro atoms. The molecule has 5 heteroatoms. The maximum Gasteiger partial charge on any atom is 0.339 e. The zero-order valence-corrected chi connectivity index (χ0v) is 11.4. The van der Waals surface area contributed by atoms with Gasteiger partial charge in [-0.3, -0.25) is 0 Å². The number of carboxylic acid groups (broad SMARTS) is 1. The second-order valence-corrected chi connectivity index (χ2v) is 4.67. The lowest BCUT2D eigenvalue weighted by molar-refractivity contribution is 0.0690. The van der Waals surface area contributed by atoms with E-state index in [0.717, 1.165) is 5.56 Å². The average Bonchev–Trinajstić information content (AvgIpc) is 2.41. The second-order valence-electron chi connectivity index (χ2n) is 3.82. The Morgan fingerprint density at radius 1 is 1.21 bits per heavy atom. The van der Waals surface area contributed by atoms with Crippen LogP contribution in [-0.4, -0.2) is 11.1 Å². The van der Waals surface area contributed by atoms with Crippen LogP contribution in [0.25, 0.3) is 0 Å². The van der Waals surface area contributed by atoms with Crippen molar-refractivity contribution in [3.63, 3.8) is 0 Å². The van der Waals surface area contributed by atoms with E-state index in [9.17, 15) is 9.18 Å². The van der Waals surface area contributed by atoms with Crippen molar-refractivity contribution in [1.29, 1.82) is 0 Å². The molecule has 0 amide bonds. The minimum atomic E-state index is -1.23. The van der Waals surface area contributed by atoms with Crippen LogP contribution in [0.2, 0.25) is 0 Å². The molecule has 3 nitrogen and oxygen atoms in total. The Morgan fingerprint density at radius 2 is 1.89 bits per heavy atom. The van der Waals surface area contributed by atoms with E-state index in [0.29, 0.717) is 0 Å². The first-order chi connectivity index (χ1) is 9.09. The number of benzene rings is 2. The van der Waals surface area contributed by atoms with Gasteiger partial charge in [0, 0.05) is 0 Å². The van der Waals surface area contributed by atoms with E-state index in [1.165, 1.54) is 12.1 Å². The van der Waals surface area contributed by atoms with Crippen molar-refractivity contribution in [2.45, 2.75) is 6.61 Å². The molecule has 0 heterocycles. The zero-order chi connectivity index (χ0) is 13.8. The summed E-state index contributed by atoms with van der Waals surface area (Å²) in [5.74, 6) is -2.20. The van der Waals surface area contributed by atoms with Crippen LogP contribution >= 0.6 is 15.9 Å². The molecule has 2 rings (SSSR count). The summed E-state index contributed by atoms with van der Waals surface area (Å²) in [7, 11) is 0. The van der Waals surface area contributed by atoms with Crippen LogP contribution in [0.15, 0.2) is 46.9 Å². The zero-order valence-electron chi connectivity index (χ0n) is 9.77. The normalized spacial score (nSPS) is 10.2. The summed E-state index contributed by atoms with van der Waals surface area (Å²) in [5, 5.41) is 9.02. The molecule has 2 aromatic rings. The summed E-state index contributed by atoms with van der Waals surface area (Å²) in [4.78, 5) is 11.0. The lowest BCUT2D eigenvalue weighted by atomic mass is 10.2. The number of aromatic carboxylic acids is 1. The van der Waals surface area contributed by atoms with E-state index in [-0.39, 0.29) is 22.4 Å². The van der Waals surface area contributed by atoms with Crippen molar-refractivity contribution >= 4 is 21.9 Å². The van der Waals surface area contributed by atoms with Gasteiger partial charge in [0.15, 0.2) is 11.6 Å². The molecular weight excluding hydrogens is 315 g/mol. The number of carbonyl (C=O) groups is 1. The molecule has 0 bridgehead atoms. The smallest absolute Gasteiger partial charge is 0.339 e. The number of carboxylic acids is 1. The van der Waals surface area contributed by atoms with Gasteiger partial charge in [0.1, 0.15) is 12.2 Å². The number of halogens is 2. The van der Waals surface area contributed by atoms with Crippen LogP contribution in [0.5, 0.6) is 5.75 Å². The highest BCUT2D eigenvalue weighted by Crippen LogP contribution is 2.29. The Hall–Kier alpha value is -1.88. The third-order valence-electron chi connectivity index (χ3n) is 2.51. The first kappa shape index (κ1) is 13.5. The SMILES string of the molecule is O=C(O)c1ccc(Br)c(F)c1OCc1ccccc1. The summed E-state index contributed by atoms with van der Waals surface area (Å²) >= 11 is 3.01. The first-order valence-electron chi connectivity index (χ1n) is 5.47. The maximum absolute atomic E-state index is 13.9. The Morgan fingerprint density at radius 3 is 2.53 bits per heavy atom. The lowest BCUT2D eigenvalue weighted by Crippen LogP contribution is -2.05. The quantitative estimate of drug-likeness (QED) is 0.928. The molecule has 0 atom stereocenters. The molecule has 98 valence electrons. The van der Waals surface area contributed by atoms with Crippen molar-refractivity contribution in [3.8, 4) is 5.75 Å². The van der Waals surface area contributed by atoms with E-state index in [4.69, 9.17) is 9.84 Å². The highest BCUT2D eigenvalue weighted by molar-refractivity contribution is 9.10. The molecule has 0 aliphatic rings. The molecule has 0 aliphatic heterocycles. The first-order valence-corrected chi connectivity index (χ1v) is 6.27. The Balaban J connectivity index is 2.28. The third kappa shape index (κ3) is 3.12. The molecule has 0 radical (unpaired) electrons. The van der Waals surface area contributed by atoms with E-state index < -0.39 is 11.8 Å². The van der Waals surface area contributed by atoms with Crippen LogP contribution < -0.4 is 4.74 Å². The lowest BCUT2D eigenvalue weighted by Gasteiger charge is -2.11. The van der Waals surface area contributed by atoms with E-state index in [1.54, 1.807) is 0 Å². The molecule has 2 aromatic carbocycles. The molecule has 0 fully saturated rings. The van der Waals surface area contributed by atoms with E-state index in [2.05, 4.69) is 15.9 Å². The molecule has 0 aliphatic carbocycles. The Bertz CT molecular complexity index is 599. The summed E-state index contributed by atoms with van der Waals surface area (Å²) < 4.78 is 19.4.